The summed E-state index contributed by atoms with van der Waals surface area (Å²) >= 11 is 2.97. The van der Waals surface area contributed by atoms with Crippen molar-refractivity contribution in [1.82, 2.24) is 0 Å². The van der Waals surface area contributed by atoms with E-state index in [0.717, 1.165) is 0 Å². The highest BCUT2D eigenvalue weighted by Crippen LogP contribution is 2.28. The Bertz CT molecular complexity index is 379. The first kappa shape index (κ1) is 11.1. The van der Waals surface area contributed by atoms with Crippen LogP contribution < -0.4 is 5.73 Å². The van der Waals surface area contributed by atoms with E-state index in [0.29, 0.717) is 0 Å². The third kappa shape index (κ3) is 1.78. The van der Waals surface area contributed by atoms with Crippen molar-refractivity contribution in [1.29, 1.82) is 0 Å². The summed E-state index contributed by atoms with van der Waals surface area (Å²) in [7, 11) is 0. The average Bonchev–Trinajstić information content (AvgIpc) is 2.09. The number of carboxylic acids is 1. The largest absolute Gasteiger partial charge is 0.480 e. The molecule has 0 unspecified atom stereocenters. The molecule has 0 saturated carbocycles. The zero-order chi connectivity index (χ0) is 10.9. The molecule has 0 bridgehead atoms. The minimum Gasteiger partial charge on any atom is -0.480 e. The lowest BCUT2D eigenvalue weighted by Crippen LogP contribution is -2.42. The highest BCUT2D eigenvalue weighted by Gasteiger charge is 2.32. The number of hydrogen-bond acceptors (Lipinski definition) is 2. The Kier molecular flexibility index (Phi) is 2.92. The van der Waals surface area contributed by atoms with Crippen LogP contribution in [0.25, 0.3) is 0 Å². The van der Waals surface area contributed by atoms with Gasteiger partial charge in [0, 0.05) is 5.56 Å². The molecule has 0 aliphatic carbocycles. The first-order valence-corrected chi connectivity index (χ1v) is 4.63. The van der Waals surface area contributed by atoms with Crippen LogP contribution in [0.2, 0.25) is 0 Å². The average molecular weight is 262 g/mol. The molecule has 0 heterocycles. The first-order chi connectivity index (χ1) is 6.37. The van der Waals surface area contributed by atoms with Crippen LogP contribution in [-0.4, -0.2) is 11.1 Å². The molecule has 3 N–H and O–H groups in total. The van der Waals surface area contributed by atoms with E-state index in [9.17, 15) is 9.18 Å². The number of hydrogen-bond donors (Lipinski definition) is 2. The van der Waals surface area contributed by atoms with Gasteiger partial charge in [0.05, 0.1) is 4.47 Å². The Morgan fingerprint density at radius 1 is 1.64 bits per heavy atom. The minimum atomic E-state index is -1.60. The van der Waals surface area contributed by atoms with E-state index in [4.69, 9.17) is 10.8 Å². The van der Waals surface area contributed by atoms with Gasteiger partial charge in [-0.15, -0.1) is 0 Å². The maximum Gasteiger partial charge on any atom is 0.328 e. The second kappa shape index (κ2) is 3.67. The maximum absolute atomic E-state index is 13.1. The molecular formula is C9H9BrFNO2. The Balaban J connectivity index is 3.33. The van der Waals surface area contributed by atoms with Crippen LogP contribution in [0.4, 0.5) is 4.39 Å². The van der Waals surface area contributed by atoms with Gasteiger partial charge in [0.25, 0.3) is 0 Å². The van der Waals surface area contributed by atoms with E-state index in [1.54, 1.807) is 0 Å². The van der Waals surface area contributed by atoms with Gasteiger partial charge in [-0.05, 0) is 28.9 Å². The van der Waals surface area contributed by atoms with Gasteiger partial charge in [-0.3, -0.25) is 0 Å². The van der Waals surface area contributed by atoms with Crippen LogP contribution in [0, 0.1) is 5.82 Å². The first-order valence-electron chi connectivity index (χ1n) is 3.84. The topological polar surface area (TPSA) is 63.3 Å². The summed E-state index contributed by atoms with van der Waals surface area (Å²) in [5.74, 6) is -1.73. The van der Waals surface area contributed by atoms with E-state index in [-0.39, 0.29) is 10.0 Å². The standard InChI is InChI=1S/C9H9BrFNO2/c1-9(12,8(13)14)5-3-2-4-6(11)7(5)10/h2-4H,12H2,1H3,(H,13,14)/t9-/m1/s1. The summed E-state index contributed by atoms with van der Waals surface area (Å²) in [5, 5.41) is 8.84. The van der Waals surface area contributed by atoms with Gasteiger partial charge in [0.1, 0.15) is 11.4 Å². The van der Waals surface area contributed by atoms with E-state index < -0.39 is 17.3 Å². The number of benzene rings is 1. The predicted octanol–water partition coefficient (Wildman–Crippen LogP) is 1.85. The van der Waals surface area contributed by atoms with Crippen LogP contribution in [0.15, 0.2) is 22.7 Å². The molecule has 5 heteroatoms. The molecule has 0 amide bonds. The predicted molar refractivity (Wildman–Crippen MR) is 53.3 cm³/mol. The quantitative estimate of drug-likeness (QED) is 0.854. The summed E-state index contributed by atoms with van der Waals surface area (Å²) in [6, 6.07) is 4.12. The van der Waals surface area contributed by atoms with E-state index in [2.05, 4.69) is 15.9 Å². The number of carbonyl (C=O) groups is 1. The highest BCUT2D eigenvalue weighted by molar-refractivity contribution is 9.10. The van der Waals surface area contributed by atoms with Gasteiger partial charge in [-0.2, -0.15) is 0 Å². The van der Waals surface area contributed by atoms with Crippen LogP contribution in [0.1, 0.15) is 12.5 Å². The third-order valence-electron chi connectivity index (χ3n) is 1.96. The molecule has 1 aromatic rings. The van der Waals surface area contributed by atoms with Crippen LogP contribution in [0.5, 0.6) is 0 Å². The van der Waals surface area contributed by atoms with Gasteiger partial charge in [0.15, 0.2) is 0 Å². The highest BCUT2D eigenvalue weighted by atomic mass is 79.9. The molecule has 3 nitrogen and oxygen atoms in total. The fraction of sp³-hybridized carbons (Fsp3) is 0.222. The van der Waals surface area contributed by atoms with Gasteiger partial charge in [-0.25, -0.2) is 9.18 Å². The summed E-state index contributed by atoms with van der Waals surface area (Å²) in [6.45, 7) is 1.31. The lowest BCUT2D eigenvalue weighted by molar-refractivity contribution is -0.143. The van der Waals surface area contributed by atoms with Crippen molar-refractivity contribution in [2.24, 2.45) is 5.73 Å². The Hall–Kier alpha value is -0.940. The lowest BCUT2D eigenvalue weighted by Gasteiger charge is -2.21. The number of halogens is 2. The van der Waals surface area contributed by atoms with Crippen molar-refractivity contribution in [3.05, 3.63) is 34.1 Å². The van der Waals surface area contributed by atoms with Crippen LogP contribution >= 0.6 is 15.9 Å². The molecule has 1 rings (SSSR count). The lowest BCUT2D eigenvalue weighted by atomic mass is 9.93. The SMILES string of the molecule is C[C@](N)(C(=O)O)c1cccc(F)c1Br. The van der Waals surface area contributed by atoms with Gasteiger partial charge >= 0.3 is 5.97 Å². The molecule has 76 valence electrons. The number of rotatable bonds is 2. The maximum atomic E-state index is 13.1. The third-order valence-corrected chi connectivity index (χ3v) is 2.76. The summed E-state index contributed by atoms with van der Waals surface area (Å²) in [5.41, 5.74) is 4.17. The molecule has 1 aromatic carbocycles. The smallest absolute Gasteiger partial charge is 0.328 e. The van der Waals surface area contributed by atoms with Crippen molar-refractivity contribution in [3.8, 4) is 0 Å². The van der Waals surface area contributed by atoms with Gasteiger partial charge in [-0.1, -0.05) is 12.1 Å². The van der Waals surface area contributed by atoms with Crippen molar-refractivity contribution in [2.45, 2.75) is 12.5 Å². The molecular weight excluding hydrogens is 253 g/mol. The Labute approximate surface area is 88.9 Å². The number of carboxylic acid groups (broad SMARTS) is 1. The van der Waals surface area contributed by atoms with Gasteiger partial charge in [0.2, 0.25) is 0 Å². The molecule has 1 atom stereocenters. The Morgan fingerprint density at radius 3 is 2.71 bits per heavy atom. The molecule has 0 aromatic heterocycles. The normalized spacial score (nSPS) is 14.9. The van der Waals surface area contributed by atoms with Crippen molar-refractivity contribution in [3.63, 3.8) is 0 Å². The fourth-order valence-electron chi connectivity index (χ4n) is 1.02. The second-order valence-corrected chi connectivity index (χ2v) is 3.90. The molecule has 0 spiro atoms. The monoisotopic (exact) mass is 261 g/mol. The zero-order valence-corrected chi connectivity index (χ0v) is 9.01. The van der Waals surface area contributed by atoms with Crippen molar-refractivity contribution < 1.29 is 14.3 Å². The second-order valence-electron chi connectivity index (χ2n) is 3.11. The van der Waals surface area contributed by atoms with E-state index in [1.807, 2.05) is 0 Å². The van der Waals surface area contributed by atoms with Gasteiger partial charge < -0.3 is 10.8 Å². The number of nitrogens with two attached hydrogens (primary N) is 1. The van der Waals surface area contributed by atoms with Crippen LogP contribution in [-0.2, 0) is 10.3 Å². The minimum absolute atomic E-state index is 0.0902. The zero-order valence-electron chi connectivity index (χ0n) is 7.42. The van der Waals surface area contributed by atoms with E-state index >= 15 is 0 Å². The fourth-order valence-corrected chi connectivity index (χ4v) is 1.70. The Morgan fingerprint density at radius 2 is 2.21 bits per heavy atom. The summed E-state index contributed by atoms with van der Waals surface area (Å²) in [6.07, 6.45) is 0. The molecule has 0 fully saturated rings. The molecule has 0 radical (unpaired) electrons. The molecule has 0 aliphatic rings. The summed E-state index contributed by atoms with van der Waals surface area (Å²) < 4.78 is 13.2. The summed E-state index contributed by atoms with van der Waals surface area (Å²) in [4.78, 5) is 10.8. The van der Waals surface area contributed by atoms with Crippen LogP contribution in [0.3, 0.4) is 0 Å². The molecule has 0 saturated heterocycles. The number of aliphatic carboxylic acids is 1. The van der Waals surface area contributed by atoms with E-state index in [1.165, 1.54) is 25.1 Å². The van der Waals surface area contributed by atoms with Crippen molar-refractivity contribution >= 4 is 21.9 Å². The molecule has 0 aliphatic heterocycles. The van der Waals surface area contributed by atoms with Crippen molar-refractivity contribution in [2.75, 3.05) is 0 Å². The molecule has 14 heavy (non-hydrogen) atoms.